The van der Waals surface area contributed by atoms with Crippen molar-refractivity contribution in [3.63, 3.8) is 0 Å². The number of ether oxygens (including phenoxy) is 1. The summed E-state index contributed by atoms with van der Waals surface area (Å²) in [5.74, 6) is -0.302. The zero-order chi connectivity index (χ0) is 17.3. The van der Waals surface area contributed by atoms with Crippen molar-refractivity contribution in [2.45, 2.75) is 32.7 Å². The van der Waals surface area contributed by atoms with Crippen molar-refractivity contribution in [3.05, 3.63) is 40.3 Å². The van der Waals surface area contributed by atoms with Crippen LogP contribution in [-0.2, 0) is 11.4 Å². The summed E-state index contributed by atoms with van der Waals surface area (Å²) >= 11 is 0. The van der Waals surface area contributed by atoms with Gasteiger partial charge < -0.3 is 10.1 Å². The largest absolute Gasteiger partial charge is 0.376 e. The molecule has 1 fully saturated rings. The van der Waals surface area contributed by atoms with E-state index in [2.05, 4.69) is 22.2 Å². The third kappa shape index (κ3) is 3.05. The Morgan fingerprint density at radius 1 is 1.33 bits per heavy atom. The fourth-order valence-corrected chi connectivity index (χ4v) is 2.96. The van der Waals surface area contributed by atoms with Crippen LogP contribution < -0.4 is 10.9 Å². The Balaban J connectivity index is 2.06. The van der Waals surface area contributed by atoms with E-state index in [0.717, 1.165) is 6.54 Å². The maximum Gasteiger partial charge on any atom is 0.275 e. The molecule has 7 nitrogen and oxygen atoms in total. The van der Waals surface area contributed by atoms with Crippen molar-refractivity contribution in [2.75, 3.05) is 20.2 Å². The Bertz CT molecular complexity index is 817. The van der Waals surface area contributed by atoms with Gasteiger partial charge in [0, 0.05) is 25.0 Å². The molecule has 1 amide bonds. The molecule has 1 saturated heterocycles. The van der Waals surface area contributed by atoms with E-state index < -0.39 is 0 Å². The van der Waals surface area contributed by atoms with Crippen LogP contribution in [0.1, 0.15) is 24.3 Å². The van der Waals surface area contributed by atoms with Gasteiger partial charge in [0.15, 0.2) is 5.69 Å². The second-order valence-electron chi connectivity index (χ2n) is 6.18. The Labute approximate surface area is 140 Å². The predicted molar refractivity (Wildman–Crippen MR) is 91.0 cm³/mol. The molecule has 1 aliphatic heterocycles. The Morgan fingerprint density at radius 2 is 2.04 bits per heavy atom. The molecule has 2 aromatic rings. The fourth-order valence-electron chi connectivity index (χ4n) is 2.96. The number of nitrogens with zero attached hydrogens (tertiary/aromatic N) is 3. The molecule has 24 heavy (non-hydrogen) atoms. The van der Waals surface area contributed by atoms with Crippen LogP contribution in [0.15, 0.2) is 29.1 Å². The molecule has 0 radical (unpaired) electrons. The fraction of sp³-hybridized carbons (Fsp3) is 0.471. The summed E-state index contributed by atoms with van der Waals surface area (Å²) < 4.78 is 7.00. The van der Waals surface area contributed by atoms with E-state index in [0.29, 0.717) is 24.0 Å². The van der Waals surface area contributed by atoms with Crippen LogP contribution in [0, 0.1) is 0 Å². The van der Waals surface area contributed by atoms with Gasteiger partial charge in [-0.25, -0.2) is 4.68 Å². The summed E-state index contributed by atoms with van der Waals surface area (Å²) in [5, 5.41) is 7.99. The zero-order valence-corrected chi connectivity index (χ0v) is 14.2. The molecule has 0 saturated carbocycles. The van der Waals surface area contributed by atoms with Crippen LogP contribution in [0.3, 0.4) is 0 Å². The Morgan fingerprint density at radius 3 is 2.75 bits per heavy atom. The van der Waals surface area contributed by atoms with E-state index in [4.69, 9.17) is 4.74 Å². The zero-order valence-electron chi connectivity index (χ0n) is 14.2. The van der Waals surface area contributed by atoms with Gasteiger partial charge in [-0.15, -0.1) is 0 Å². The number of carbonyl (C=O) groups is 1. The number of morpholine rings is 1. The van der Waals surface area contributed by atoms with Crippen LogP contribution in [0.2, 0.25) is 0 Å². The van der Waals surface area contributed by atoms with E-state index in [9.17, 15) is 9.59 Å². The first-order valence-electron chi connectivity index (χ1n) is 8.09. The number of amides is 1. The number of nitrogens with one attached hydrogen (secondary N) is 1. The van der Waals surface area contributed by atoms with Crippen molar-refractivity contribution in [3.8, 4) is 0 Å². The molecular weight excluding hydrogens is 308 g/mol. The summed E-state index contributed by atoms with van der Waals surface area (Å²) in [6.07, 6.45) is 0.107. The molecule has 0 bridgehead atoms. The highest BCUT2D eigenvalue weighted by Crippen LogP contribution is 2.15. The average molecular weight is 330 g/mol. The first kappa shape index (κ1) is 16.6. The Kier molecular flexibility index (Phi) is 4.64. The first-order chi connectivity index (χ1) is 11.5. The second kappa shape index (κ2) is 6.70. The lowest BCUT2D eigenvalue weighted by atomic mass is 10.1. The lowest BCUT2D eigenvalue weighted by Crippen LogP contribution is -2.49. The highest BCUT2D eigenvalue weighted by atomic mass is 16.5. The molecule has 1 aromatic heterocycles. The molecule has 0 aliphatic carbocycles. The molecule has 7 heteroatoms. The maximum atomic E-state index is 12.8. The number of rotatable bonds is 3. The highest BCUT2D eigenvalue weighted by molar-refractivity contribution is 6.04. The molecule has 2 unspecified atom stereocenters. The monoisotopic (exact) mass is 330 g/mol. The topological polar surface area (TPSA) is 76.5 Å². The van der Waals surface area contributed by atoms with Crippen LogP contribution in [-0.4, -0.2) is 52.9 Å². The highest BCUT2D eigenvalue weighted by Gasteiger charge is 2.25. The van der Waals surface area contributed by atoms with Gasteiger partial charge in [0.2, 0.25) is 0 Å². The third-order valence-electron chi connectivity index (χ3n) is 4.36. The summed E-state index contributed by atoms with van der Waals surface area (Å²) in [6.45, 7) is 5.73. The van der Waals surface area contributed by atoms with Crippen molar-refractivity contribution in [1.29, 1.82) is 0 Å². The summed E-state index contributed by atoms with van der Waals surface area (Å²) in [5.41, 5.74) is 0.0752. The molecule has 3 rings (SSSR count). The molecular formula is C17H22N4O3. The van der Waals surface area contributed by atoms with E-state index in [1.54, 1.807) is 31.3 Å². The smallest absolute Gasteiger partial charge is 0.275 e. The second-order valence-corrected chi connectivity index (χ2v) is 6.18. The van der Waals surface area contributed by atoms with Crippen LogP contribution in [0.4, 0.5) is 0 Å². The quantitative estimate of drug-likeness (QED) is 0.902. The SMILES string of the molecule is CNC(=O)c1nn(CN2CC(C)OCC2C)c(=O)c2ccccc12. The number of aromatic nitrogens is 2. The minimum Gasteiger partial charge on any atom is -0.376 e. The lowest BCUT2D eigenvalue weighted by Gasteiger charge is -2.36. The molecule has 2 heterocycles. The number of carbonyl (C=O) groups excluding carboxylic acids is 1. The first-order valence-corrected chi connectivity index (χ1v) is 8.09. The van der Waals surface area contributed by atoms with E-state index >= 15 is 0 Å². The van der Waals surface area contributed by atoms with Gasteiger partial charge in [0.25, 0.3) is 11.5 Å². The summed E-state index contributed by atoms with van der Waals surface area (Å²) in [4.78, 5) is 27.1. The van der Waals surface area contributed by atoms with Gasteiger partial charge in [0.1, 0.15) is 0 Å². The maximum absolute atomic E-state index is 12.8. The van der Waals surface area contributed by atoms with Crippen LogP contribution in [0.5, 0.6) is 0 Å². The minimum absolute atomic E-state index is 0.107. The predicted octanol–water partition coefficient (Wildman–Crippen LogP) is 0.823. The van der Waals surface area contributed by atoms with Gasteiger partial charge in [-0.3, -0.25) is 14.5 Å². The molecule has 128 valence electrons. The van der Waals surface area contributed by atoms with Crippen LogP contribution in [0.25, 0.3) is 10.8 Å². The van der Waals surface area contributed by atoms with E-state index in [1.807, 2.05) is 6.92 Å². The normalized spacial score (nSPS) is 21.8. The van der Waals surface area contributed by atoms with Crippen molar-refractivity contribution >= 4 is 16.7 Å². The van der Waals surface area contributed by atoms with Crippen molar-refractivity contribution in [2.24, 2.45) is 0 Å². The van der Waals surface area contributed by atoms with Gasteiger partial charge in [-0.1, -0.05) is 18.2 Å². The molecule has 1 aromatic carbocycles. The molecule has 2 atom stereocenters. The number of benzene rings is 1. The van der Waals surface area contributed by atoms with Gasteiger partial charge in [-0.2, -0.15) is 5.10 Å². The van der Waals surface area contributed by atoms with E-state index in [1.165, 1.54) is 4.68 Å². The number of hydrogen-bond acceptors (Lipinski definition) is 5. The third-order valence-corrected chi connectivity index (χ3v) is 4.36. The molecule has 0 spiro atoms. The van der Waals surface area contributed by atoms with Gasteiger partial charge in [-0.05, 0) is 19.9 Å². The number of hydrogen-bond donors (Lipinski definition) is 1. The van der Waals surface area contributed by atoms with Gasteiger partial charge >= 0.3 is 0 Å². The van der Waals surface area contributed by atoms with Crippen molar-refractivity contribution in [1.82, 2.24) is 20.0 Å². The Hall–Kier alpha value is -2.25. The molecule has 1 N–H and O–H groups in total. The van der Waals surface area contributed by atoms with Crippen molar-refractivity contribution < 1.29 is 9.53 Å². The average Bonchev–Trinajstić information content (AvgIpc) is 2.60. The van der Waals surface area contributed by atoms with Crippen LogP contribution >= 0.6 is 0 Å². The van der Waals surface area contributed by atoms with Gasteiger partial charge in [0.05, 0.1) is 24.8 Å². The van der Waals surface area contributed by atoms with E-state index in [-0.39, 0.29) is 29.3 Å². The molecule has 1 aliphatic rings. The minimum atomic E-state index is -0.302. The summed E-state index contributed by atoms with van der Waals surface area (Å²) in [6, 6.07) is 7.25. The standard InChI is InChI=1S/C17H22N4O3/c1-11-9-24-12(2)8-20(11)10-21-17(23)14-7-5-4-6-13(14)15(19-21)16(22)18-3/h4-7,11-12H,8-10H2,1-3H3,(H,18,22). The number of fused-ring (bicyclic) bond motifs is 1. The lowest BCUT2D eigenvalue weighted by molar-refractivity contribution is -0.0628. The summed E-state index contributed by atoms with van der Waals surface area (Å²) in [7, 11) is 1.56.